The second-order valence-electron chi connectivity index (χ2n) is 3.90. The number of nitrogens with zero attached hydrogens (tertiary/aromatic N) is 1. The maximum atomic E-state index is 13.2. The molecule has 0 aliphatic heterocycles. The fraction of sp³-hybridized carbons (Fsp3) is 0.231. The number of aromatic amines is 1. The smallest absolute Gasteiger partial charge is 0.257 e. The van der Waals surface area contributed by atoms with Crippen molar-refractivity contribution in [2.45, 2.75) is 6.42 Å². The average Bonchev–Trinajstić information content (AvgIpc) is 2.91. The number of ether oxygens (including phenoxy) is 1. The summed E-state index contributed by atoms with van der Waals surface area (Å²) in [6, 6.07) is 7.81. The van der Waals surface area contributed by atoms with Crippen LogP contribution in [0.25, 0.3) is 0 Å². The first-order valence-electron chi connectivity index (χ1n) is 5.88. The summed E-state index contributed by atoms with van der Waals surface area (Å²) in [5.41, 5.74) is 0.940. The van der Waals surface area contributed by atoms with Crippen LogP contribution in [0.3, 0.4) is 0 Å². The summed E-state index contributed by atoms with van der Waals surface area (Å²) in [6.45, 7) is 0.269. The zero-order valence-corrected chi connectivity index (χ0v) is 10.2. The number of amides is 1. The van der Waals surface area contributed by atoms with Crippen molar-refractivity contribution in [3.05, 3.63) is 48.0 Å². The van der Waals surface area contributed by atoms with Crippen LogP contribution in [-0.4, -0.2) is 29.3 Å². The Bertz CT molecular complexity index is 528. The fourth-order valence-electron chi connectivity index (χ4n) is 1.52. The van der Waals surface area contributed by atoms with E-state index in [0.29, 0.717) is 13.0 Å². The monoisotopic (exact) mass is 263 g/mol. The Balaban J connectivity index is 1.69. The van der Waals surface area contributed by atoms with Crippen LogP contribution in [0.4, 0.5) is 4.39 Å². The summed E-state index contributed by atoms with van der Waals surface area (Å²) < 4.78 is 18.3. The number of carbonyl (C=O) groups excluding carboxylic acids is 1. The molecule has 0 unspecified atom stereocenters. The van der Waals surface area contributed by atoms with Gasteiger partial charge >= 0.3 is 0 Å². The molecule has 0 fully saturated rings. The van der Waals surface area contributed by atoms with E-state index in [0.717, 1.165) is 5.69 Å². The fourth-order valence-corrected chi connectivity index (χ4v) is 1.52. The first-order chi connectivity index (χ1) is 9.25. The number of H-pyrrole nitrogens is 1. The topological polar surface area (TPSA) is 67.0 Å². The third kappa shape index (κ3) is 4.09. The van der Waals surface area contributed by atoms with Crippen molar-refractivity contribution in [2.24, 2.45) is 0 Å². The van der Waals surface area contributed by atoms with Crippen LogP contribution < -0.4 is 10.1 Å². The molecule has 1 aromatic carbocycles. The molecule has 2 rings (SSSR count). The molecule has 1 aromatic heterocycles. The molecule has 6 heteroatoms. The molecular weight excluding hydrogens is 249 g/mol. The molecule has 1 amide bonds. The van der Waals surface area contributed by atoms with E-state index in [1.807, 2.05) is 6.07 Å². The summed E-state index contributed by atoms with van der Waals surface area (Å²) in [6.07, 6.45) is 2.31. The standard InChI is InChI=1S/C13H14FN3O2/c14-11-3-1-2-4-12(11)19-9-13(18)15-7-5-10-6-8-16-17-10/h1-4,6,8H,5,7,9H2,(H,15,18)(H,16,17). The summed E-state index contributed by atoms with van der Waals surface area (Å²) >= 11 is 0. The average molecular weight is 263 g/mol. The molecule has 2 N–H and O–H groups in total. The van der Waals surface area contributed by atoms with Gasteiger partial charge in [0.15, 0.2) is 18.2 Å². The second-order valence-corrected chi connectivity index (χ2v) is 3.90. The minimum absolute atomic E-state index is 0.0752. The van der Waals surface area contributed by atoms with Crippen LogP contribution in [0.1, 0.15) is 5.69 Å². The van der Waals surface area contributed by atoms with Gasteiger partial charge in [0.05, 0.1) is 0 Å². The Morgan fingerprint density at radius 3 is 2.95 bits per heavy atom. The summed E-state index contributed by atoms with van der Waals surface area (Å²) in [5.74, 6) is -0.693. The number of nitrogens with one attached hydrogen (secondary N) is 2. The van der Waals surface area contributed by atoms with E-state index in [1.165, 1.54) is 12.1 Å². The van der Waals surface area contributed by atoms with E-state index in [-0.39, 0.29) is 18.3 Å². The number of benzene rings is 1. The third-order valence-electron chi connectivity index (χ3n) is 2.47. The maximum absolute atomic E-state index is 13.2. The van der Waals surface area contributed by atoms with E-state index in [2.05, 4.69) is 15.5 Å². The largest absolute Gasteiger partial charge is 0.481 e. The Hall–Kier alpha value is -2.37. The Morgan fingerprint density at radius 1 is 1.37 bits per heavy atom. The molecule has 0 saturated carbocycles. The van der Waals surface area contributed by atoms with Gasteiger partial charge in [0.2, 0.25) is 0 Å². The summed E-state index contributed by atoms with van der Waals surface area (Å²) in [5, 5.41) is 9.27. The summed E-state index contributed by atoms with van der Waals surface area (Å²) in [4.78, 5) is 11.5. The molecule has 100 valence electrons. The second kappa shape index (κ2) is 6.53. The van der Waals surface area contributed by atoms with Crippen molar-refractivity contribution in [3.8, 4) is 5.75 Å². The van der Waals surface area contributed by atoms with Crippen molar-refractivity contribution in [3.63, 3.8) is 0 Å². The van der Waals surface area contributed by atoms with E-state index in [4.69, 9.17) is 4.74 Å². The van der Waals surface area contributed by atoms with Gasteiger partial charge in [-0.3, -0.25) is 9.89 Å². The third-order valence-corrected chi connectivity index (χ3v) is 2.47. The molecule has 0 aliphatic carbocycles. The molecule has 0 spiro atoms. The van der Waals surface area contributed by atoms with Crippen LogP contribution in [-0.2, 0) is 11.2 Å². The number of hydrogen-bond donors (Lipinski definition) is 2. The molecule has 0 bridgehead atoms. The Kier molecular flexibility index (Phi) is 4.49. The Labute approximate surface area is 109 Å². The van der Waals surface area contributed by atoms with Crippen molar-refractivity contribution in [1.29, 1.82) is 0 Å². The van der Waals surface area contributed by atoms with Gasteiger partial charge in [-0.2, -0.15) is 5.10 Å². The van der Waals surface area contributed by atoms with Crippen molar-refractivity contribution >= 4 is 5.91 Å². The predicted molar refractivity (Wildman–Crippen MR) is 67.2 cm³/mol. The predicted octanol–water partition coefficient (Wildman–Crippen LogP) is 1.29. The van der Waals surface area contributed by atoms with E-state index < -0.39 is 5.82 Å². The van der Waals surface area contributed by atoms with Crippen LogP contribution in [0, 0.1) is 5.82 Å². The minimum atomic E-state index is -0.479. The van der Waals surface area contributed by atoms with Gasteiger partial charge in [-0.25, -0.2) is 4.39 Å². The van der Waals surface area contributed by atoms with Gasteiger partial charge < -0.3 is 10.1 Å². The first kappa shape index (κ1) is 13.1. The number of hydrogen-bond acceptors (Lipinski definition) is 3. The number of carbonyl (C=O) groups is 1. The normalized spacial score (nSPS) is 10.2. The molecule has 0 saturated heterocycles. The SMILES string of the molecule is O=C(COc1ccccc1F)NCCc1ccn[nH]1. The van der Waals surface area contributed by atoms with Crippen molar-refractivity contribution in [1.82, 2.24) is 15.5 Å². The van der Waals surface area contributed by atoms with E-state index in [9.17, 15) is 9.18 Å². The highest BCUT2D eigenvalue weighted by Gasteiger charge is 2.05. The van der Waals surface area contributed by atoms with Gasteiger partial charge in [-0.1, -0.05) is 12.1 Å². The van der Waals surface area contributed by atoms with Crippen LogP contribution in [0.2, 0.25) is 0 Å². The molecule has 5 nitrogen and oxygen atoms in total. The van der Waals surface area contributed by atoms with Crippen molar-refractivity contribution < 1.29 is 13.9 Å². The molecular formula is C13H14FN3O2. The van der Waals surface area contributed by atoms with Crippen LogP contribution >= 0.6 is 0 Å². The van der Waals surface area contributed by atoms with Crippen molar-refractivity contribution in [2.75, 3.05) is 13.2 Å². The highest BCUT2D eigenvalue weighted by atomic mass is 19.1. The van der Waals surface area contributed by atoms with Gasteiger partial charge in [0, 0.05) is 24.9 Å². The maximum Gasteiger partial charge on any atom is 0.257 e. The lowest BCUT2D eigenvalue weighted by Crippen LogP contribution is -2.30. The number of rotatable bonds is 6. The van der Waals surface area contributed by atoms with Gasteiger partial charge in [0.25, 0.3) is 5.91 Å². The first-order valence-corrected chi connectivity index (χ1v) is 5.88. The zero-order chi connectivity index (χ0) is 13.5. The highest BCUT2D eigenvalue weighted by Crippen LogP contribution is 2.14. The number of aromatic nitrogens is 2. The highest BCUT2D eigenvalue weighted by molar-refractivity contribution is 5.77. The molecule has 1 heterocycles. The zero-order valence-electron chi connectivity index (χ0n) is 10.2. The van der Waals surface area contributed by atoms with Crippen LogP contribution in [0.5, 0.6) is 5.75 Å². The van der Waals surface area contributed by atoms with E-state index >= 15 is 0 Å². The quantitative estimate of drug-likeness (QED) is 0.825. The lowest BCUT2D eigenvalue weighted by atomic mass is 10.3. The van der Waals surface area contributed by atoms with Crippen LogP contribution in [0.15, 0.2) is 36.5 Å². The lowest BCUT2D eigenvalue weighted by Gasteiger charge is -2.07. The summed E-state index contributed by atoms with van der Waals surface area (Å²) in [7, 11) is 0. The molecule has 2 aromatic rings. The molecule has 0 aliphatic rings. The molecule has 19 heavy (non-hydrogen) atoms. The molecule has 0 atom stereocenters. The Morgan fingerprint density at radius 2 is 2.21 bits per heavy atom. The van der Waals surface area contributed by atoms with E-state index in [1.54, 1.807) is 18.3 Å². The van der Waals surface area contributed by atoms with Gasteiger partial charge in [-0.05, 0) is 18.2 Å². The number of halogens is 1. The molecule has 0 radical (unpaired) electrons. The minimum Gasteiger partial charge on any atom is -0.481 e. The van der Waals surface area contributed by atoms with Gasteiger partial charge in [0.1, 0.15) is 0 Å². The number of para-hydroxylation sites is 1. The lowest BCUT2D eigenvalue weighted by molar-refractivity contribution is -0.123. The van der Waals surface area contributed by atoms with Gasteiger partial charge in [-0.15, -0.1) is 0 Å².